The van der Waals surface area contributed by atoms with Gasteiger partial charge in [0.1, 0.15) is 0 Å². The normalized spacial score (nSPS) is 24.2. The van der Waals surface area contributed by atoms with Gasteiger partial charge in [0, 0.05) is 35.9 Å². The van der Waals surface area contributed by atoms with E-state index in [9.17, 15) is 4.79 Å². The summed E-state index contributed by atoms with van der Waals surface area (Å²) in [6.45, 7) is 6.48. The number of hydrogen-bond donors (Lipinski definition) is 2. The summed E-state index contributed by atoms with van der Waals surface area (Å²) >= 11 is 5.89. The molecule has 0 radical (unpaired) electrons. The molecule has 19 heavy (non-hydrogen) atoms. The molecule has 2 atom stereocenters. The maximum Gasteiger partial charge on any atom is 0.238 e. The minimum atomic E-state index is 0.00330. The summed E-state index contributed by atoms with van der Waals surface area (Å²) in [5.41, 5.74) is 0.744. The second-order valence-corrected chi connectivity index (χ2v) is 5.66. The van der Waals surface area contributed by atoms with E-state index in [1.54, 1.807) is 12.1 Å². The number of anilines is 1. The van der Waals surface area contributed by atoms with Crippen LogP contribution in [-0.2, 0) is 4.79 Å². The molecule has 0 aliphatic carbocycles. The third kappa shape index (κ3) is 4.49. The summed E-state index contributed by atoms with van der Waals surface area (Å²) in [6, 6.07) is 8.05. The Morgan fingerprint density at radius 2 is 2.11 bits per heavy atom. The molecule has 0 saturated carbocycles. The maximum absolute atomic E-state index is 12.0. The van der Waals surface area contributed by atoms with Crippen LogP contribution in [0, 0.1) is 0 Å². The molecule has 1 aromatic carbocycles. The zero-order valence-corrected chi connectivity index (χ0v) is 12.1. The Balaban J connectivity index is 1.87. The van der Waals surface area contributed by atoms with Gasteiger partial charge in [-0.05, 0) is 32.0 Å². The molecule has 1 heterocycles. The minimum absolute atomic E-state index is 0.00330. The third-order valence-corrected chi connectivity index (χ3v) is 3.34. The highest BCUT2D eigenvalue weighted by Crippen LogP contribution is 2.15. The van der Waals surface area contributed by atoms with Crippen molar-refractivity contribution >= 4 is 23.2 Å². The van der Waals surface area contributed by atoms with Crippen LogP contribution in [0.3, 0.4) is 0 Å². The predicted octanol–water partition coefficient (Wildman–Crippen LogP) is 1.96. The van der Waals surface area contributed by atoms with Crippen LogP contribution in [0.15, 0.2) is 24.3 Å². The standard InChI is InChI=1S/C14H20ClN3O/c1-10-7-18(8-11(2)16-10)9-14(19)17-13-5-3-4-12(15)6-13/h3-6,10-11,16H,7-9H2,1-2H3,(H,17,19). The molecule has 4 nitrogen and oxygen atoms in total. The monoisotopic (exact) mass is 281 g/mol. The molecule has 1 aliphatic rings. The zero-order chi connectivity index (χ0) is 13.8. The Morgan fingerprint density at radius 3 is 2.74 bits per heavy atom. The SMILES string of the molecule is CC1CN(CC(=O)Nc2cccc(Cl)c2)CC(C)N1. The molecule has 0 bridgehead atoms. The molecule has 2 unspecified atom stereocenters. The van der Waals surface area contributed by atoms with Crippen LogP contribution in [0.4, 0.5) is 5.69 Å². The second-order valence-electron chi connectivity index (χ2n) is 5.22. The number of benzene rings is 1. The average molecular weight is 282 g/mol. The fraction of sp³-hybridized carbons (Fsp3) is 0.500. The molecule has 2 rings (SSSR count). The fourth-order valence-corrected chi connectivity index (χ4v) is 2.73. The molecule has 1 fully saturated rings. The van der Waals surface area contributed by atoms with Crippen LogP contribution in [0.1, 0.15) is 13.8 Å². The van der Waals surface area contributed by atoms with Crippen LogP contribution in [-0.4, -0.2) is 42.5 Å². The minimum Gasteiger partial charge on any atom is -0.325 e. The molecule has 5 heteroatoms. The van der Waals surface area contributed by atoms with Gasteiger partial charge < -0.3 is 10.6 Å². The first kappa shape index (κ1) is 14.3. The molecule has 0 aromatic heterocycles. The topological polar surface area (TPSA) is 44.4 Å². The zero-order valence-electron chi connectivity index (χ0n) is 11.3. The van der Waals surface area contributed by atoms with E-state index < -0.39 is 0 Å². The smallest absolute Gasteiger partial charge is 0.238 e. The number of rotatable bonds is 3. The van der Waals surface area contributed by atoms with Crippen molar-refractivity contribution in [3.05, 3.63) is 29.3 Å². The molecule has 2 N–H and O–H groups in total. The van der Waals surface area contributed by atoms with E-state index in [4.69, 9.17) is 11.6 Å². The van der Waals surface area contributed by atoms with Gasteiger partial charge in [-0.2, -0.15) is 0 Å². The van der Waals surface area contributed by atoms with Crippen molar-refractivity contribution in [1.82, 2.24) is 10.2 Å². The van der Waals surface area contributed by atoms with Crippen LogP contribution in [0.2, 0.25) is 5.02 Å². The Labute approximate surface area is 119 Å². The first-order valence-electron chi connectivity index (χ1n) is 6.57. The Kier molecular flexibility index (Phi) is 4.80. The lowest BCUT2D eigenvalue weighted by Crippen LogP contribution is -2.55. The first-order valence-corrected chi connectivity index (χ1v) is 6.94. The molecule has 1 amide bonds. The van der Waals surface area contributed by atoms with Crippen molar-refractivity contribution in [3.63, 3.8) is 0 Å². The summed E-state index contributed by atoms with van der Waals surface area (Å²) in [5.74, 6) is 0.00330. The van der Waals surface area contributed by atoms with Gasteiger partial charge in [-0.1, -0.05) is 17.7 Å². The molecule has 0 spiro atoms. The number of nitrogens with zero attached hydrogens (tertiary/aromatic N) is 1. The van der Waals surface area contributed by atoms with Gasteiger partial charge in [-0.15, -0.1) is 0 Å². The lowest BCUT2D eigenvalue weighted by molar-refractivity contribution is -0.117. The molecule has 1 saturated heterocycles. The van der Waals surface area contributed by atoms with Gasteiger partial charge >= 0.3 is 0 Å². The highest BCUT2D eigenvalue weighted by atomic mass is 35.5. The van der Waals surface area contributed by atoms with Gasteiger partial charge in [-0.3, -0.25) is 9.69 Å². The quantitative estimate of drug-likeness (QED) is 0.890. The molecular weight excluding hydrogens is 262 g/mol. The molecule has 104 valence electrons. The van der Waals surface area contributed by atoms with E-state index in [2.05, 4.69) is 29.4 Å². The maximum atomic E-state index is 12.0. The largest absolute Gasteiger partial charge is 0.325 e. The van der Waals surface area contributed by atoms with E-state index in [0.29, 0.717) is 23.7 Å². The van der Waals surface area contributed by atoms with Crippen LogP contribution < -0.4 is 10.6 Å². The summed E-state index contributed by atoms with van der Waals surface area (Å²) < 4.78 is 0. The molecule has 1 aromatic rings. The van der Waals surface area contributed by atoms with Crippen LogP contribution in [0.25, 0.3) is 0 Å². The number of piperazine rings is 1. The van der Waals surface area contributed by atoms with Crippen molar-refractivity contribution < 1.29 is 4.79 Å². The van der Waals surface area contributed by atoms with Crippen molar-refractivity contribution in [2.24, 2.45) is 0 Å². The summed E-state index contributed by atoms with van der Waals surface area (Å²) in [5, 5.41) is 6.95. The Hall–Kier alpha value is -1.10. The van der Waals surface area contributed by atoms with E-state index in [-0.39, 0.29) is 5.91 Å². The number of nitrogens with one attached hydrogen (secondary N) is 2. The first-order chi connectivity index (χ1) is 9.02. The van der Waals surface area contributed by atoms with Crippen molar-refractivity contribution in [3.8, 4) is 0 Å². The molecule has 1 aliphatic heterocycles. The number of carbonyl (C=O) groups is 1. The Bertz CT molecular complexity index is 442. The van der Waals surface area contributed by atoms with E-state index >= 15 is 0 Å². The molecular formula is C14H20ClN3O. The average Bonchev–Trinajstić information content (AvgIpc) is 2.26. The van der Waals surface area contributed by atoms with E-state index in [0.717, 1.165) is 18.8 Å². The van der Waals surface area contributed by atoms with Crippen molar-refractivity contribution in [2.45, 2.75) is 25.9 Å². The van der Waals surface area contributed by atoms with Gasteiger partial charge in [0.15, 0.2) is 0 Å². The fourth-order valence-electron chi connectivity index (χ4n) is 2.54. The Morgan fingerprint density at radius 1 is 1.42 bits per heavy atom. The highest BCUT2D eigenvalue weighted by Gasteiger charge is 2.22. The number of carbonyl (C=O) groups excluding carboxylic acids is 1. The van der Waals surface area contributed by atoms with Gasteiger partial charge in [-0.25, -0.2) is 0 Å². The van der Waals surface area contributed by atoms with Crippen molar-refractivity contribution in [2.75, 3.05) is 25.0 Å². The lowest BCUT2D eigenvalue weighted by atomic mass is 10.1. The third-order valence-electron chi connectivity index (χ3n) is 3.11. The van der Waals surface area contributed by atoms with Crippen molar-refractivity contribution in [1.29, 1.82) is 0 Å². The van der Waals surface area contributed by atoms with E-state index in [1.165, 1.54) is 0 Å². The van der Waals surface area contributed by atoms with Gasteiger partial charge in [0.25, 0.3) is 0 Å². The summed E-state index contributed by atoms with van der Waals surface area (Å²) in [6.07, 6.45) is 0. The summed E-state index contributed by atoms with van der Waals surface area (Å²) in [7, 11) is 0. The van der Waals surface area contributed by atoms with Gasteiger partial charge in [0.05, 0.1) is 6.54 Å². The van der Waals surface area contributed by atoms with E-state index in [1.807, 2.05) is 12.1 Å². The van der Waals surface area contributed by atoms with Crippen LogP contribution in [0.5, 0.6) is 0 Å². The predicted molar refractivity (Wildman–Crippen MR) is 78.6 cm³/mol. The van der Waals surface area contributed by atoms with Crippen LogP contribution >= 0.6 is 11.6 Å². The lowest BCUT2D eigenvalue weighted by Gasteiger charge is -2.35. The van der Waals surface area contributed by atoms with Gasteiger partial charge in [0.2, 0.25) is 5.91 Å². The number of hydrogen-bond acceptors (Lipinski definition) is 3. The number of halogens is 1. The highest BCUT2D eigenvalue weighted by molar-refractivity contribution is 6.30. The second kappa shape index (κ2) is 6.37. The summed E-state index contributed by atoms with van der Waals surface area (Å²) in [4.78, 5) is 14.2. The number of amides is 1.